The van der Waals surface area contributed by atoms with Crippen molar-refractivity contribution < 1.29 is 66.7 Å². The lowest BCUT2D eigenvalue weighted by molar-refractivity contribution is -0.163. The molecule has 0 amide bonds. The average molecular weight is 1070 g/mol. The van der Waals surface area contributed by atoms with E-state index >= 15 is 0 Å². The molecule has 4 aliphatic carbocycles. The Morgan fingerprint density at radius 2 is 0.618 bits per heavy atom. The van der Waals surface area contributed by atoms with Crippen molar-refractivity contribution in [2.45, 2.75) is 251 Å². The molecule has 0 heterocycles. The number of carbonyl (C=O) groups excluding carboxylic acids is 7. The molecule has 4 aliphatic rings. The van der Waals surface area contributed by atoms with E-state index < -0.39 is 28.9 Å². The number of hydrogen-bond donors (Lipinski definition) is 0. The highest BCUT2D eigenvalue weighted by Gasteiger charge is 2.33. The second kappa shape index (κ2) is 37.2. The Balaban J connectivity index is 1.27. The van der Waals surface area contributed by atoms with Gasteiger partial charge in [0.2, 0.25) is 0 Å². The van der Waals surface area contributed by atoms with E-state index in [1.165, 1.54) is 77.0 Å². The highest BCUT2D eigenvalue weighted by Crippen LogP contribution is 2.32. The summed E-state index contributed by atoms with van der Waals surface area (Å²) in [5, 5.41) is 0. The van der Waals surface area contributed by atoms with Crippen LogP contribution >= 0.6 is 0 Å². The van der Waals surface area contributed by atoms with E-state index in [1.54, 1.807) is 13.8 Å². The van der Waals surface area contributed by atoms with Gasteiger partial charge in [0.25, 0.3) is 0 Å². The summed E-state index contributed by atoms with van der Waals surface area (Å²) >= 11 is 0. The van der Waals surface area contributed by atoms with Crippen LogP contribution in [0.25, 0.3) is 0 Å². The van der Waals surface area contributed by atoms with Crippen LogP contribution in [-0.4, -0.2) is 113 Å². The third-order valence-corrected chi connectivity index (χ3v) is 16.5. The Morgan fingerprint density at radius 3 is 0.882 bits per heavy atom. The van der Waals surface area contributed by atoms with Crippen LogP contribution in [0, 0.1) is 34.5 Å². The van der Waals surface area contributed by atoms with Crippen LogP contribution in [0.4, 0.5) is 0 Å². The lowest BCUT2D eigenvalue weighted by atomic mass is 9.86. The Morgan fingerprint density at radius 1 is 0.368 bits per heavy atom. The monoisotopic (exact) mass is 1070 g/mol. The molecule has 4 saturated carbocycles. The fourth-order valence-corrected chi connectivity index (χ4v) is 11.4. The summed E-state index contributed by atoms with van der Waals surface area (Å²) in [4.78, 5) is 93.2. The molecular formula is C61H103NO14. The van der Waals surface area contributed by atoms with Gasteiger partial charge in [-0.2, -0.15) is 0 Å². The quantitative estimate of drug-likeness (QED) is 0.0422. The molecular weight excluding hydrogens is 971 g/mol. The summed E-state index contributed by atoms with van der Waals surface area (Å²) in [5.74, 6) is -0.426. The number of carbonyl (C=O) groups is 7. The van der Waals surface area contributed by atoms with E-state index in [0.717, 1.165) is 77.0 Å². The number of esters is 7. The van der Waals surface area contributed by atoms with Gasteiger partial charge in [0.1, 0.15) is 45.7 Å². The SMILES string of the molecule is CN(C)CCCC(=O)OC(CCCC(=O)OCC(C)(COC(=O)CCC1CCCCC1)COC(=O)CCC1CCCCC1)CCCC(=O)OCC(C)(COC(=O)CCC1CCCCC1)COC(=O)CCC1CCCCC1. The smallest absolute Gasteiger partial charge is 0.306 e. The molecule has 0 bridgehead atoms. The van der Waals surface area contributed by atoms with Gasteiger partial charge in [-0.1, -0.05) is 128 Å². The van der Waals surface area contributed by atoms with E-state index in [4.69, 9.17) is 33.2 Å². The van der Waals surface area contributed by atoms with Crippen molar-refractivity contribution in [2.24, 2.45) is 34.5 Å². The molecule has 0 spiro atoms. The second-order valence-corrected chi connectivity index (χ2v) is 24.6. The van der Waals surface area contributed by atoms with E-state index in [1.807, 2.05) is 19.0 Å². The summed E-state index contributed by atoms with van der Waals surface area (Å²) < 4.78 is 40.4. The van der Waals surface area contributed by atoms with Crippen LogP contribution < -0.4 is 0 Å². The van der Waals surface area contributed by atoms with Crippen molar-refractivity contribution in [3.8, 4) is 0 Å². The van der Waals surface area contributed by atoms with Gasteiger partial charge in [0.05, 0.1) is 10.8 Å². The molecule has 0 radical (unpaired) electrons. The van der Waals surface area contributed by atoms with E-state index in [0.29, 0.717) is 88.0 Å². The Bertz CT molecular complexity index is 1510. The maximum atomic E-state index is 13.3. The molecule has 76 heavy (non-hydrogen) atoms. The summed E-state index contributed by atoms with van der Waals surface area (Å²) in [6.45, 7) is 3.83. The number of rotatable bonds is 37. The Hall–Kier alpha value is -3.75. The highest BCUT2D eigenvalue weighted by molar-refractivity contribution is 5.72. The van der Waals surface area contributed by atoms with Crippen molar-refractivity contribution in [1.82, 2.24) is 4.90 Å². The predicted octanol–water partition coefficient (Wildman–Crippen LogP) is 12.3. The summed E-state index contributed by atoms with van der Waals surface area (Å²) in [6.07, 6.45) is 29.8. The van der Waals surface area contributed by atoms with Crippen LogP contribution in [0.15, 0.2) is 0 Å². The molecule has 0 aromatic rings. The molecule has 4 fully saturated rings. The van der Waals surface area contributed by atoms with Crippen LogP contribution in [0.2, 0.25) is 0 Å². The van der Waals surface area contributed by atoms with Crippen molar-refractivity contribution in [2.75, 3.05) is 60.3 Å². The van der Waals surface area contributed by atoms with Gasteiger partial charge < -0.3 is 38.1 Å². The molecule has 15 heteroatoms. The van der Waals surface area contributed by atoms with E-state index in [9.17, 15) is 33.6 Å². The molecule has 0 aromatic carbocycles. The van der Waals surface area contributed by atoms with Crippen molar-refractivity contribution in [1.29, 1.82) is 0 Å². The van der Waals surface area contributed by atoms with Crippen molar-refractivity contribution >= 4 is 41.8 Å². The Kier molecular flexibility index (Phi) is 31.7. The average Bonchev–Trinajstić information content (AvgIpc) is 3.42. The van der Waals surface area contributed by atoms with Crippen molar-refractivity contribution in [3.63, 3.8) is 0 Å². The third-order valence-electron chi connectivity index (χ3n) is 16.5. The fourth-order valence-electron chi connectivity index (χ4n) is 11.4. The zero-order valence-electron chi connectivity index (χ0n) is 48.0. The second-order valence-electron chi connectivity index (χ2n) is 24.6. The lowest BCUT2D eigenvalue weighted by Gasteiger charge is -2.28. The molecule has 0 N–H and O–H groups in total. The lowest BCUT2D eigenvalue weighted by Crippen LogP contribution is -2.37. The van der Waals surface area contributed by atoms with Gasteiger partial charge in [-0.05, 0) is 116 Å². The van der Waals surface area contributed by atoms with Gasteiger partial charge in [0.15, 0.2) is 0 Å². The van der Waals surface area contributed by atoms with E-state index in [2.05, 4.69) is 0 Å². The van der Waals surface area contributed by atoms with Gasteiger partial charge in [-0.15, -0.1) is 0 Å². The largest absolute Gasteiger partial charge is 0.465 e. The van der Waals surface area contributed by atoms with Crippen LogP contribution in [-0.2, 0) is 66.7 Å². The first-order valence-electron chi connectivity index (χ1n) is 30.3. The maximum Gasteiger partial charge on any atom is 0.306 e. The van der Waals surface area contributed by atoms with Gasteiger partial charge in [-0.25, -0.2) is 0 Å². The zero-order chi connectivity index (χ0) is 54.9. The van der Waals surface area contributed by atoms with Gasteiger partial charge >= 0.3 is 41.8 Å². The van der Waals surface area contributed by atoms with Crippen LogP contribution in [0.1, 0.15) is 245 Å². The summed E-state index contributed by atoms with van der Waals surface area (Å²) in [7, 11) is 3.87. The Labute approximate surface area is 457 Å². The van der Waals surface area contributed by atoms with Crippen LogP contribution in [0.3, 0.4) is 0 Å². The number of ether oxygens (including phenoxy) is 7. The minimum absolute atomic E-state index is 0.0318. The standard InChI is InChI=1S/C61H103NO14/c1-60(44-72-55(65)37-33-48-20-9-5-10-21-48,45-73-56(66)38-34-49-22-11-6-12-23-49)42-70-53(63)30-17-28-52(76-59(69)32-19-41-62(3)4)29-18-31-54(64)71-43-61(2,46-74-57(67)39-35-50-24-13-7-14-25-50)47-75-58(68)40-36-51-26-15-8-16-27-51/h48-52H,5-47H2,1-4H3. The summed E-state index contributed by atoms with van der Waals surface area (Å²) in [5.41, 5.74) is -1.91. The number of hydrogen-bond acceptors (Lipinski definition) is 15. The predicted molar refractivity (Wildman–Crippen MR) is 291 cm³/mol. The molecule has 0 aromatic heterocycles. The highest BCUT2D eigenvalue weighted by atomic mass is 16.6. The third kappa shape index (κ3) is 29.8. The molecule has 436 valence electrons. The first-order valence-corrected chi connectivity index (χ1v) is 30.3. The first-order chi connectivity index (χ1) is 36.6. The molecule has 4 rings (SSSR count). The van der Waals surface area contributed by atoms with Crippen molar-refractivity contribution in [3.05, 3.63) is 0 Å². The molecule has 0 aliphatic heterocycles. The maximum absolute atomic E-state index is 13.3. The topological polar surface area (TPSA) is 187 Å². The van der Waals surface area contributed by atoms with Crippen LogP contribution in [0.5, 0.6) is 0 Å². The van der Waals surface area contributed by atoms with E-state index in [-0.39, 0.29) is 88.8 Å². The molecule has 15 nitrogen and oxygen atoms in total. The minimum atomic E-state index is -0.954. The minimum Gasteiger partial charge on any atom is -0.465 e. The van der Waals surface area contributed by atoms with Gasteiger partial charge in [-0.3, -0.25) is 33.6 Å². The fraction of sp³-hybridized carbons (Fsp3) is 0.885. The zero-order valence-corrected chi connectivity index (χ0v) is 48.0. The first kappa shape index (κ1) is 64.8. The molecule has 0 saturated heterocycles. The molecule has 0 unspecified atom stereocenters. The van der Waals surface area contributed by atoms with Gasteiger partial charge in [0, 0.05) is 44.9 Å². The normalized spacial score (nSPS) is 17.5. The number of nitrogens with zero attached hydrogens (tertiary/aromatic N) is 1. The molecule has 0 atom stereocenters. The summed E-state index contributed by atoms with van der Waals surface area (Å²) in [6, 6.07) is 0.